The zero-order chi connectivity index (χ0) is 18.1. The minimum atomic E-state index is -3.72. The lowest BCUT2D eigenvalue weighted by Crippen LogP contribution is -2.09. The van der Waals surface area contributed by atoms with Crippen molar-refractivity contribution in [2.45, 2.75) is 52.0 Å². The van der Waals surface area contributed by atoms with Crippen molar-refractivity contribution in [3.63, 3.8) is 0 Å². The molecule has 0 aliphatic heterocycles. The maximum Gasteiger partial charge on any atom is 0.530 e. The summed E-state index contributed by atoms with van der Waals surface area (Å²) in [6, 6.07) is 7.22. The van der Waals surface area contributed by atoms with Gasteiger partial charge in [0, 0.05) is 16.5 Å². The number of hydrogen-bond donors (Lipinski definition) is 0. The highest BCUT2D eigenvalue weighted by molar-refractivity contribution is 7.48. The lowest BCUT2D eigenvalue weighted by atomic mass is 9.96. The van der Waals surface area contributed by atoms with E-state index in [1.165, 1.54) is 19.3 Å². The van der Waals surface area contributed by atoms with Gasteiger partial charge >= 0.3 is 7.82 Å². The molecule has 0 saturated heterocycles. The summed E-state index contributed by atoms with van der Waals surface area (Å²) in [5.41, 5.74) is 0.670. The van der Waals surface area contributed by atoms with Gasteiger partial charge in [-0.25, -0.2) is 9.56 Å². The van der Waals surface area contributed by atoms with Crippen LogP contribution in [0.1, 0.15) is 51.5 Å². The molecule has 2 rings (SSSR count). The average Bonchev–Trinajstić information content (AvgIpc) is 2.61. The van der Waals surface area contributed by atoms with Gasteiger partial charge < -0.3 is 4.52 Å². The largest absolute Gasteiger partial charge is 0.530 e. The van der Waals surface area contributed by atoms with Crippen LogP contribution in [0.2, 0.25) is 5.02 Å². The van der Waals surface area contributed by atoms with Crippen LogP contribution in [0, 0.1) is 0 Å². The summed E-state index contributed by atoms with van der Waals surface area (Å²) in [6.45, 7) is 3.89. The van der Waals surface area contributed by atoms with Crippen molar-refractivity contribution in [2.75, 3.05) is 13.2 Å². The molecule has 1 aromatic carbocycles. The van der Waals surface area contributed by atoms with Crippen LogP contribution in [-0.2, 0) is 18.1 Å². The molecular formula is C18H25ClNO4P. The average molecular weight is 386 g/mol. The Morgan fingerprint density at radius 1 is 1.16 bits per heavy atom. The van der Waals surface area contributed by atoms with Crippen molar-refractivity contribution in [3.8, 4) is 0 Å². The SMILES string of the molecule is CCOP(=O)(OCC)OC(=C=NC1CCCCC1)c1ccc(Cl)cc1. The molecule has 0 atom stereocenters. The smallest absolute Gasteiger partial charge is 0.393 e. The van der Waals surface area contributed by atoms with Gasteiger partial charge in [-0.3, -0.25) is 9.05 Å². The quantitative estimate of drug-likeness (QED) is 0.318. The fourth-order valence-corrected chi connectivity index (χ4v) is 3.93. The van der Waals surface area contributed by atoms with Crippen LogP contribution in [0.5, 0.6) is 0 Å². The zero-order valence-electron chi connectivity index (χ0n) is 14.7. The molecular weight excluding hydrogens is 361 g/mol. The molecule has 0 aromatic heterocycles. The van der Waals surface area contributed by atoms with E-state index in [0.29, 0.717) is 10.6 Å². The number of phosphoric ester groups is 1. The van der Waals surface area contributed by atoms with Crippen LogP contribution in [0.3, 0.4) is 0 Å². The third-order valence-corrected chi connectivity index (χ3v) is 5.61. The molecule has 0 spiro atoms. The van der Waals surface area contributed by atoms with Gasteiger partial charge in [-0.2, -0.15) is 0 Å². The number of benzene rings is 1. The highest BCUT2D eigenvalue weighted by Crippen LogP contribution is 2.52. The molecule has 1 aliphatic rings. The summed E-state index contributed by atoms with van der Waals surface area (Å²) in [6.07, 6.45) is 5.66. The summed E-state index contributed by atoms with van der Waals surface area (Å²) < 4.78 is 28.8. The Hall–Kier alpha value is -1.09. The molecule has 1 aromatic rings. The van der Waals surface area contributed by atoms with E-state index in [1.54, 1.807) is 38.1 Å². The van der Waals surface area contributed by atoms with Gasteiger partial charge in [0.15, 0.2) is 5.76 Å². The topological polar surface area (TPSA) is 57.1 Å². The first-order valence-corrected chi connectivity index (χ1v) is 10.6. The highest BCUT2D eigenvalue weighted by Gasteiger charge is 2.29. The molecule has 0 radical (unpaired) electrons. The van der Waals surface area contributed by atoms with Crippen LogP contribution in [-0.4, -0.2) is 25.1 Å². The predicted molar refractivity (Wildman–Crippen MR) is 101 cm³/mol. The summed E-state index contributed by atoms with van der Waals surface area (Å²) in [4.78, 5) is 4.51. The lowest BCUT2D eigenvalue weighted by molar-refractivity contribution is 0.160. The van der Waals surface area contributed by atoms with E-state index < -0.39 is 7.82 Å². The van der Waals surface area contributed by atoms with Crippen LogP contribution in [0.25, 0.3) is 5.76 Å². The number of aliphatic imine (C=N–C) groups is 1. The van der Waals surface area contributed by atoms with Crippen LogP contribution in [0.4, 0.5) is 0 Å². The predicted octanol–water partition coefficient (Wildman–Crippen LogP) is 5.88. The van der Waals surface area contributed by atoms with Crippen molar-refractivity contribution in [3.05, 3.63) is 34.9 Å². The summed E-state index contributed by atoms with van der Waals surface area (Å²) in [7, 11) is -3.72. The van der Waals surface area contributed by atoms with Crippen LogP contribution >= 0.6 is 19.4 Å². The van der Waals surface area contributed by atoms with Gasteiger partial charge in [0.1, 0.15) is 0 Å². The molecule has 0 heterocycles. The van der Waals surface area contributed by atoms with Crippen molar-refractivity contribution in [2.24, 2.45) is 4.99 Å². The Labute approximate surface area is 154 Å². The molecule has 5 nitrogen and oxygen atoms in total. The molecule has 25 heavy (non-hydrogen) atoms. The van der Waals surface area contributed by atoms with E-state index in [1.807, 2.05) is 0 Å². The van der Waals surface area contributed by atoms with Gasteiger partial charge in [-0.05, 0) is 51.0 Å². The van der Waals surface area contributed by atoms with E-state index in [2.05, 4.69) is 10.9 Å². The molecule has 138 valence electrons. The van der Waals surface area contributed by atoms with Gasteiger partial charge in [0.25, 0.3) is 0 Å². The summed E-state index contributed by atoms with van der Waals surface area (Å²) in [5, 5.41) is 0.602. The first-order valence-electron chi connectivity index (χ1n) is 8.73. The maximum absolute atomic E-state index is 12.7. The molecule has 0 bridgehead atoms. The fraction of sp³-hybridized carbons (Fsp3) is 0.556. The maximum atomic E-state index is 12.7. The molecule has 1 fully saturated rings. The van der Waals surface area contributed by atoms with Crippen molar-refractivity contribution in [1.29, 1.82) is 0 Å². The second kappa shape index (κ2) is 10.2. The molecule has 1 saturated carbocycles. The summed E-state index contributed by atoms with van der Waals surface area (Å²) in [5.74, 6) is 3.18. The number of hydrogen-bond acceptors (Lipinski definition) is 5. The number of rotatable bonds is 8. The van der Waals surface area contributed by atoms with Crippen molar-refractivity contribution < 1.29 is 18.1 Å². The van der Waals surface area contributed by atoms with Gasteiger partial charge in [-0.15, -0.1) is 0 Å². The Morgan fingerprint density at radius 2 is 1.76 bits per heavy atom. The van der Waals surface area contributed by atoms with Crippen molar-refractivity contribution >= 4 is 31.1 Å². The van der Waals surface area contributed by atoms with E-state index in [-0.39, 0.29) is 25.0 Å². The second-order valence-corrected chi connectivity index (χ2v) is 7.77. The highest BCUT2D eigenvalue weighted by atomic mass is 35.5. The molecule has 0 unspecified atom stereocenters. The number of phosphoric acid groups is 1. The third-order valence-electron chi connectivity index (χ3n) is 3.81. The van der Waals surface area contributed by atoms with E-state index >= 15 is 0 Å². The van der Waals surface area contributed by atoms with Gasteiger partial charge in [0.05, 0.1) is 19.3 Å². The van der Waals surface area contributed by atoms with E-state index in [9.17, 15) is 4.57 Å². The first kappa shape index (κ1) is 20.2. The third kappa shape index (κ3) is 6.62. The van der Waals surface area contributed by atoms with Crippen LogP contribution < -0.4 is 0 Å². The second-order valence-electron chi connectivity index (χ2n) is 5.74. The number of nitrogens with zero attached hydrogens (tertiary/aromatic N) is 1. The Bertz CT molecular complexity index is 640. The van der Waals surface area contributed by atoms with Gasteiger partial charge in [0.2, 0.25) is 0 Å². The van der Waals surface area contributed by atoms with Crippen LogP contribution in [0.15, 0.2) is 29.3 Å². The Morgan fingerprint density at radius 3 is 2.32 bits per heavy atom. The minimum Gasteiger partial charge on any atom is -0.393 e. The molecule has 7 heteroatoms. The molecule has 0 N–H and O–H groups in total. The zero-order valence-corrected chi connectivity index (χ0v) is 16.4. The standard InChI is InChI=1S/C18H25ClNO4P/c1-3-22-25(21,23-4-2)24-18(15-10-12-16(19)13-11-15)14-20-17-8-6-5-7-9-17/h10-13,17H,3-9H2,1-2H3. The fourth-order valence-electron chi connectivity index (χ4n) is 2.62. The monoisotopic (exact) mass is 385 g/mol. The minimum absolute atomic E-state index is 0.213. The van der Waals surface area contributed by atoms with Gasteiger partial charge in [-0.1, -0.05) is 30.9 Å². The Balaban J connectivity index is 2.32. The lowest BCUT2D eigenvalue weighted by Gasteiger charge is -2.18. The molecule has 1 aliphatic carbocycles. The number of halogens is 1. The first-order chi connectivity index (χ1) is 12.1. The summed E-state index contributed by atoms with van der Waals surface area (Å²) >= 11 is 5.95. The van der Waals surface area contributed by atoms with Crippen molar-refractivity contribution in [1.82, 2.24) is 0 Å². The molecule has 0 amide bonds. The van der Waals surface area contributed by atoms with E-state index in [4.69, 9.17) is 25.2 Å². The van der Waals surface area contributed by atoms with E-state index in [0.717, 1.165) is 12.8 Å². The Kier molecular flexibility index (Phi) is 8.21. The normalized spacial score (nSPS) is 15.5.